The maximum absolute atomic E-state index is 14.5. The largest absolute Gasteiger partial charge is 0.336 e. The molecule has 1 aliphatic rings. The van der Waals surface area contributed by atoms with E-state index >= 15 is 0 Å². The average Bonchev–Trinajstić information content (AvgIpc) is 3.41. The van der Waals surface area contributed by atoms with Gasteiger partial charge in [0.2, 0.25) is 11.8 Å². The average molecular weight is 597 g/mol. The molecular formula is C37H36N6O2. The molecule has 0 saturated heterocycles. The molecule has 0 saturated carbocycles. The summed E-state index contributed by atoms with van der Waals surface area (Å²) in [6, 6.07) is 27.1. The Bertz CT molecular complexity index is 1800. The smallest absolute Gasteiger partial charge is 0.247 e. The third-order valence-corrected chi connectivity index (χ3v) is 8.47. The van der Waals surface area contributed by atoms with Crippen molar-refractivity contribution in [1.82, 2.24) is 29.5 Å². The van der Waals surface area contributed by atoms with Crippen LogP contribution in [0.3, 0.4) is 0 Å². The Labute approximate surface area is 263 Å². The summed E-state index contributed by atoms with van der Waals surface area (Å²) >= 11 is 0. The maximum atomic E-state index is 14.5. The molecule has 0 radical (unpaired) electrons. The number of rotatable bonds is 9. The molecule has 8 nitrogen and oxygen atoms in total. The van der Waals surface area contributed by atoms with E-state index in [9.17, 15) is 9.59 Å². The molecule has 3 aromatic carbocycles. The molecule has 0 bridgehead atoms. The lowest BCUT2D eigenvalue weighted by atomic mass is 9.97. The highest BCUT2D eigenvalue weighted by Gasteiger charge is 2.34. The summed E-state index contributed by atoms with van der Waals surface area (Å²) in [5.74, 6) is 0.344. The molecule has 0 spiro atoms. The van der Waals surface area contributed by atoms with Crippen molar-refractivity contribution in [3.63, 3.8) is 0 Å². The molecule has 0 fully saturated rings. The fourth-order valence-electron chi connectivity index (χ4n) is 5.74. The van der Waals surface area contributed by atoms with Crippen molar-refractivity contribution >= 4 is 17.9 Å². The summed E-state index contributed by atoms with van der Waals surface area (Å²) in [7, 11) is 1.87. The third-order valence-electron chi connectivity index (χ3n) is 8.47. The van der Waals surface area contributed by atoms with Gasteiger partial charge in [-0.05, 0) is 47.7 Å². The number of carbonyl (C=O) groups excluding carboxylic acids is 2. The van der Waals surface area contributed by atoms with Crippen molar-refractivity contribution in [3.8, 4) is 11.4 Å². The van der Waals surface area contributed by atoms with Gasteiger partial charge in [0.15, 0.2) is 5.82 Å². The molecule has 1 atom stereocenters. The van der Waals surface area contributed by atoms with Crippen molar-refractivity contribution in [1.29, 1.82) is 0 Å². The first kappa shape index (κ1) is 29.7. The quantitative estimate of drug-likeness (QED) is 0.212. The van der Waals surface area contributed by atoms with Crippen molar-refractivity contribution in [2.75, 3.05) is 6.54 Å². The van der Waals surface area contributed by atoms with E-state index in [0.29, 0.717) is 25.3 Å². The lowest BCUT2D eigenvalue weighted by molar-refractivity contribution is -0.144. The second kappa shape index (κ2) is 13.5. The lowest BCUT2D eigenvalue weighted by Crippen LogP contribution is -2.52. The minimum atomic E-state index is -0.707. The molecule has 3 heterocycles. The molecule has 2 amide bonds. The highest BCUT2D eigenvalue weighted by molar-refractivity contribution is 5.96. The fraction of sp³-hybridized carbons (Fsp3) is 0.216. The van der Waals surface area contributed by atoms with Gasteiger partial charge >= 0.3 is 0 Å². The molecule has 1 aliphatic heterocycles. The van der Waals surface area contributed by atoms with Gasteiger partial charge in [-0.25, -0.2) is 9.97 Å². The van der Waals surface area contributed by atoms with Gasteiger partial charge in [0.05, 0.1) is 6.20 Å². The van der Waals surface area contributed by atoms with Gasteiger partial charge in [-0.15, -0.1) is 0 Å². The van der Waals surface area contributed by atoms with Crippen LogP contribution in [0.1, 0.15) is 33.5 Å². The Balaban J connectivity index is 1.35. The number of hydrogen-bond acceptors (Lipinski definition) is 5. The highest BCUT2D eigenvalue weighted by Crippen LogP contribution is 2.24. The Hall–Kier alpha value is -5.37. The topological polar surface area (TPSA) is 84.2 Å². The van der Waals surface area contributed by atoms with E-state index in [-0.39, 0.29) is 18.4 Å². The number of carbonyl (C=O) groups is 2. The van der Waals surface area contributed by atoms with E-state index in [4.69, 9.17) is 0 Å². The van der Waals surface area contributed by atoms with Crippen LogP contribution >= 0.6 is 0 Å². The van der Waals surface area contributed by atoms with Gasteiger partial charge < -0.3 is 9.80 Å². The van der Waals surface area contributed by atoms with Crippen molar-refractivity contribution < 1.29 is 9.59 Å². The van der Waals surface area contributed by atoms with Gasteiger partial charge in [0, 0.05) is 68.4 Å². The molecule has 0 aliphatic carbocycles. The zero-order chi connectivity index (χ0) is 31.2. The second-order valence-electron chi connectivity index (χ2n) is 11.4. The predicted molar refractivity (Wildman–Crippen MR) is 174 cm³/mol. The van der Waals surface area contributed by atoms with Gasteiger partial charge in [-0.1, -0.05) is 78.9 Å². The van der Waals surface area contributed by atoms with Crippen LogP contribution in [0.2, 0.25) is 0 Å². The first-order valence-corrected chi connectivity index (χ1v) is 15.2. The Morgan fingerprint density at radius 1 is 0.889 bits per heavy atom. The van der Waals surface area contributed by atoms with Crippen LogP contribution in [0, 0.1) is 6.92 Å². The van der Waals surface area contributed by atoms with E-state index in [1.54, 1.807) is 46.4 Å². The number of aromatic nitrogens is 4. The highest BCUT2D eigenvalue weighted by atomic mass is 16.2. The predicted octanol–water partition coefficient (Wildman–Crippen LogP) is 5.42. The summed E-state index contributed by atoms with van der Waals surface area (Å²) < 4.78 is 1.77. The summed E-state index contributed by atoms with van der Waals surface area (Å²) in [6.45, 7) is 3.36. The van der Waals surface area contributed by atoms with Crippen molar-refractivity contribution in [2.45, 2.75) is 38.9 Å². The Morgan fingerprint density at radius 3 is 2.31 bits per heavy atom. The van der Waals surface area contributed by atoms with Gasteiger partial charge in [0.1, 0.15) is 6.04 Å². The molecule has 0 N–H and O–H groups in total. The van der Waals surface area contributed by atoms with Crippen LogP contribution in [0.4, 0.5) is 0 Å². The van der Waals surface area contributed by atoms with Crippen LogP contribution in [0.15, 0.2) is 110 Å². The zero-order valence-corrected chi connectivity index (χ0v) is 25.6. The molecule has 6 rings (SSSR count). The van der Waals surface area contributed by atoms with Gasteiger partial charge in [0.25, 0.3) is 0 Å². The Morgan fingerprint density at radius 2 is 1.60 bits per heavy atom. The first-order valence-electron chi connectivity index (χ1n) is 15.2. The van der Waals surface area contributed by atoms with Gasteiger partial charge in [-0.3, -0.25) is 14.3 Å². The SMILES string of the molecule is Cc1c(C=CC(=O)N(Cc2ccc(-c3ncccn3)cc2)C(Cc2ccccc2)C(=O)N2CCc3ccccc3C2)cnn1C. The molecule has 226 valence electrons. The number of fused-ring (bicyclic) bond motifs is 1. The van der Waals surface area contributed by atoms with Crippen LogP contribution in [0.25, 0.3) is 17.5 Å². The molecule has 5 aromatic rings. The normalized spacial score (nSPS) is 13.4. The number of aryl methyl sites for hydroxylation is 1. The lowest BCUT2D eigenvalue weighted by Gasteiger charge is -2.37. The minimum Gasteiger partial charge on any atom is -0.336 e. The molecule has 8 heteroatoms. The number of benzene rings is 3. The molecule has 2 aromatic heterocycles. The monoisotopic (exact) mass is 596 g/mol. The van der Waals surface area contributed by atoms with Crippen LogP contribution in [-0.4, -0.2) is 53.9 Å². The van der Waals surface area contributed by atoms with E-state index in [1.807, 2.05) is 85.6 Å². The van der Waals surface area contributed by atoms with Gasteiger partial charge in [-0.2, -0.15) is 5.10 Å². The second-order valence-corrected chi connectivity index (χ2v) is 11.4. The number of nitrogens with zero attached hydrogens (tertiary/aromatic N) is 6. The van der Waals surface area contributed by atoms with Crippen molar-refractivity contribution in [2.24, 2.45) is 7.05 Å². The minimum absolute atomic E-state index is 0.0537. The molecule has 45 heavy (non-hydrogen) atoms. The zero-order valence-electron chi connectivity index (χ0n) is 25.6. The van der Waals surface area contributed by atoms with E-state index in [2.05, 4.69) is 27.2 Å². The summed E-state index contributed by atoms with van der Waals surface area (Å²) in [6.07, 6.45) is 9.71. The fourth-order valence-corrected chi connectivity index (χ4v) is 5.74. The number of amides is 2. The van der Waals surface area contributed by atoms with Crippen molar-refractivity contribution in [3.05, 3.63) is 143 Å². The maximum Gasteiger partial charge on any atom is 0.247 e. The summed E-state index contributed by atoms with van der Waals surface area (Å²) in [5, 5.41) is 4.31. The first-order chi connectivity index (χ1) is 22.0. The molecule has 1 unspecified atom stereocenters. The van der Waals surface area contributed by atoms with Crippen LogP contribution < -0.4 is 0 Å². The van der Waals surface area contributed by atoms with Crippen LogP contribution in [0.5, 0.6) is 0 Å². The summed E-state index contributed by atoms with van der Waals surface area (Å²) in [4.78, 5) is 41.0. The van der Waals surface area contributed by atoms with E-state index < -0.39 is 6.04 Å². The Kier molecular flexibility index (Phi) is 8.91. The standard InChI is InChI=1S/C37H36N6O2/c1-27-32(24-40-41(27)2)17-18-35(44)43(25-29-13-15-31(16-14-29)36-38-20-8-21-39-36)34(23-28-9-4-3-5-10-28)37(45)42-22-19-30-11-6-7-12-33(30)26-42/h3-18,20-21,24,34H,19,22-23,25-26H2,1-2H3. The van der Waals surface area contributed by atoms with Crippen LogP contribution in [-0.2, 0) is 42.6 Å². The van der Waals surface area contributed by atoms with E-state index in [1.165, 1.54) is 5.56 Å². The van der Waals surface area contributed by atoms with E-state index in [0.717, 1.165) is 39.9 Å². The number of hydrogen-bond donors (Lipinski definition) is 0. The third kappa shape index (κ3) is 6.91. The summed E-state index contributed by atoms with van der Waals surface area (Å²) in [5.41, 5.74) is 7.02. The molecular weight excluding hydrogens is 560 g/mol.